The van der Waals surface area contributed by atoms with Crippen LogP contribution < -0.4 is 20.9 Å². The van der Waals surface area contributed by atoms with E-state index in [0.29, 0.717) is 22.1 Å². The SMILES string of the molecule is COc1c(Cl)cc(/C=N\N=C(N)N)c(OC)c1Cl. The summed E-state index contributed by atoms with van der Waals surface area (Å²) < 4.78 is 10.2. The third-order valence-electron chi connectivity index (χ3n) is 1.94. The molecule has 0 atom stereocenters. The average molecular weight is 291 g/mol. The van der Waals surface area contributed by atoms with Gasteiger partial charge in [-0.3, -0.25) is 0 Å². The highest BCUT2D eigenvalue weighted by atomic mass is 35.5. The lowest BCUT2D eigenvalue weighted by Gasteiger charge is -2.12. The van der Waals surface area contributed by atoms with E-state index in [-0.39, 0.29) is 11.0 Å². The molecule has 0 radical (unpaired) electrons. The molecule has 18 heavy (non-hydrogen) atoms. The van der Waals surface area contributed by atoms with Gasteiger partial charge in [0.05, 0.1) is 25.5 Å². The van der Waals surface area contributed by atoms with Crippen LogP contribution in [0.3, 0.4) is 0 Å². The van der Waals surface area contributed by atoms with Gasteiger partial charge in [-0.1, -0.05) is 23.2 Å². The van der Waals surface area contributed by atoms with Crippen molar-refractivity contribution in [2.24, 2.45) is 21.7 Å². The molecule has 0 saturated heterocycles. The second kappa shape index (κ2) is 6.32. The normalized spacial score (nSPS) is 10.4. The van der Waals surface area contributed by atoms with Gasteiger partial charge in [0.2, 0.25) is 5.96 Å². The molecule has 0 heterocycles. The average Bonchev–Trinajstić information content (AvgIpc) is 2.29. The van der Waals surface area contributed by atoms with E-state index in [1.54, 1.807) is 6.07 Å². The molecule has 1 aromatic rings. The zero-order valence-electron chi connectivity index (χ0n) is 9.78. The third kappa shape index (κ3) is 3.18. The maximum absolute atomic E-state index is 6.08. The molecule has 0 aliphatic heterocycles. The number of hydrogen-bond acceptors (Lipinski definition) is 4. The van der Waals surface area contributed by atoms with Crippen LogP contribution in [0.15, 0.2) is 16.3 Å². The Bertz CT molecular complexity index is 499. The summed E-state index contributed by atoms with van der Waals surface area (Å²) in [4.78, 5) is 0. The number of hydrogen-bond donors (Lipinski definition) is 2. The Labute approximate surface area is 114 Å². The quantitative estimate of drug-likeness (QED) is 0.500. The Morgan fingerprint density at radius 3 is 2.33 bits per heavy atom. The molecule has 0 aromatic heterocycles. The lowest BCUT2D eigenvalue weighted by Crippen LogP contribution is -2.21. The summed E-state index contributed by atoms with van der Waals surface area (Å²) in [5, 5.41) is 7.71. The number of ether oxygens (including phenoxy) is 2. The lowest BCUT2D eigenvalue weighted by molar-refractivity contribution is 0.394. The summed E-state index contributed by atoms with van der Waals surface area (Å²) in [7, 11) is 2.92. The van der Waals surface area contributed by atoms with Gasteiger partial charge in [0, 0.05) is 5.56 Å². The number of guanidine groups is 1. The van der Waals surface area contributed by atoms with Crippen LogP contribution in [-0.4, -0.2) is 26.4 Å². The lowest BCUT2D eigenvalue weighted by atomic mass is 10.2. The van der Waals surface area contributed by atoms with E-state index < -0.39 is 0 Å². The van der Waals surface area contributed by atoms with Crippen LogP contribution in [0.25, 0.3) is 0 Å². The summed E-state index contributed by atoms with van der Waals surface area (Å²) in [5.41, 5.74) is 10.8. The van der Waals surface area contributed by atoms with Gasteiger partial charge in [-0.25, -0.2) is 0 Å². The highest BCUT2D eigenvalue weighted by Crippen LogP contribution is 2.41. The van der Waals surface area contributed by atoms with Gasteiger partial charge in [-0.05, 0) is 6.07 Å². The minimum absolute atomic E-state index is 0.157. The van der Waals surface area contributed by atoms with Gasteiger partial charge in [-0.2, -0.15) is 5.10 Å². The van der Waals surface area contributed by atoms with Crippen molar-refractivity contribution >= 4 is 35.4 Å². The van der Waals surface area contributed by atoms with E-state index in [9.17, 15) is 0 Å². The fraction of sp³-hybridized carbons (Fsp3) is 0.200. The second-order valence-corrected chi connectivity index (χ2v) is 3.88. The number of nitrogens with two attached hydrogens (primary N) is 2. The summed E-state index contributed by atoms with van der Waals surface area (Å²) in [5.74, 6) is 0.539. The van der Waals surface area contributed by atoms with Crippen molar-refractivity contribution in [2.45, 2.75) is 0 Å². The van der Waals surface area contributed by atoms with Crippen molar-refractivity contribution in [3.63, 3.8) is 0 Å². The van der Waals surface area contributed by atoms with Gasteiger partial charge >= 0.3 is 0 Å². The maximum Gasteiger partial charge on any atom is 0.211 e. The van der Waals surface area contributed by atoms with Gasteiger partial charge in [0.25, 0.3) is 0 Å². The highest BCUT2D eigenvalue weighted by molar-refractivity contribution is 6.38. The molecule has 0 spiro atoms. The number of halogens is 2. The number of methoxy groups -OCH3 is 2. The van der Waals surface area contributed by atoms with Gasteiger partial charge in [-0.15, -0.1) is 5.10 Å². The molecule has 98 valence electrons. The van der Waals surface area contributed by atoms with Crippen molar-refractivity contribution in [3.05, 3.63) is 21.7 Å². The van der Waals surface area contributed by atoms with E-state index >= 15 is 0 Å². The second-order valence-electron chi connectivity index (χ2n) is 3.10. The maximum atomic E-state index is 6.08. The van der Waals surface area contributed by atoms with Crippen LogP contribution in [0, 0.1) is 0 Å². The number of nitrogens with zero attached hydrogens (tertiary/aromatic N) is 2. The zero-order chi connectivity index (χ0) is 13.7. The Kier molecular flexibility index (Phi) is 5.06. The van der Waals surface area contributed by atoms with Crippen molar-refractivity contribution in [3.8, 4) is 11.5 Å². The fourth-order valence-corrected chi connectivity index (χ4v) is 1.95. The fourth-order valence-electron chi connectivity index (χ4n) is 1.25. The van der Waals surface area contributed by atoms with Crippen LogP contribution in [0.1, 0.15) is 5.56 Å². The molecule has 1 rings (SSSR count). The first-order chi connectivity index (χ1) is 8.51. The molecule has 6 nitrogen and oxygen atoms in total. The number of benzene rings is 1. The van der Waals surface area contributed by atoms with Crippen molar-refractivity contribution in [1.29, 1.82) is 0 Å². The first kappa shape index (κ1) is 14.4. The highest BCUT2D eigenvalue weighted by Gasteiger charge is 2.16. The van der Waals surface area contributed by atoms with Crippen molar-refractivity contribution in [1.82, 2.24) is 0 Å². The Morgan fingerprint density at radius 2 is 1.83 bits per heavy atom. The van der Waals surface area contributed by atoms with E-state index in [2.05, 4.69) is 10.2 Å². The Hall–Kier alpha value is -1.66. The smallest absolute Gasteiger partial charge is 0.211 e. The molecule has 1 aromatic carbocycles. The summed E-state index contributed by atoms with van der Waals surface area (Å²) in [6, 6.07) is 1.58. The minimum atomic E-state index is -0.157. The molecule has 4 N–H and O–H groups in total. The molecule has 0 aliphatic carbocycles. The first-order valence-corrected chi connectivity index (χ1v) is 5.48. The summed E-state index contributed by atoms with van der Waals surface area (Å²) in [6.45, 7) is 0. The topological polar surface area (TPSA) is 95.2 Å². The first-order valence-electron chi connectivity index (χ1n) is 4.73. The molecule has 0 fully saturated rings. The molecule has 0 saturated carbocycles. The largest absolute Gasteiger partial charge is 0.494 e. The summed E-state index contributed by atoms with van der Waals surface area (Å²) >= 11 is 12.1. The van der Waals surface area contributed by atoms with E-state index in [1.165, 1.54) is 20.4 Å². The monoisotopic (exact) mass is 290 g/mol. The Morgan fingerprint density at radius 1 is 1.22 bits per heavy atom. The zero-order valence-corrected chi connectivity index (χ0v) is 11.3. The molecular formula is C10H12Cl2N4O2. The predicted molar refractivity (Wildman–Crippen MR) is 73.0 cm³/mol. The molecule has 8 heteroatoms. The predicted octanol–water partition coefficient (Wildman–Crippen LogP) is 1.62. The van der Waals surface area contributed by atoms with Crippen LogP contribution in [0.2, 0.25) is 10.0 Å². The van der Waals surface area contributed by atoms with Crippen LogP contribution >= 0.6 is 23.2 Å². The van der Waals surface area contributed by atoms with E-state index in [4.69, 9.17) is 44.1 Å². The molecule has 0 bridgehead atoms. The van der Waals surface area contributed by atoms with Crippen molar-refractivity contribution < 1.29 is 9.47 Å². The summed E-state index contributed by atoms with van der Waals surface area (Å²) in [6.07, 6.45) is 1.37. The molecule has 0 unspecified atom stereocenters. The van der Waals surface area contributed by atoms with E-state index in [0.717, 1.165) is 0 Å². The molecule has 0 aliphatic rings. The standard InChI is InChI=1S/C10H12Cl2N4O2/c1-17-8-5(4-15-16-10(13)14)3-6(11)9(18-2)7(8)12/h3-4H,1-2H3,(H4,13,14,16)/b15-4-. The van der Waals surface area contributed by atoms with Crippen LogP contribution in [-0.2, 0) is 0 Å². The number of rotatable bonds is 4. The van der Waals surface area contributed by atoms with Crippen LogP contribution in [0.5, 0.6) is 11.5 Å². The minimum Gasteiger partial charge on any atom is -0.494 e. The van der Waals surface area contributed by atoms with Crippen molar-refractivity contribution in [2.75, 3.05) is 14.2 Å². The molecule has 0 amide bonds. The third-order valence-corrected chi connectivity index (χ3v) is 2.56. The van der Waals surface area contributed by atoms with Crippen LogP contribution in [0.4, 0.5) is 0 Å². The van der Waals surface area contributed by atoms with Gasteiger partial charge < -0.3 is 20.9 Å². The van der Waals surface area contributed by atoms with Gasteiger partial charge in [0.15, 0.2) is 5.75 Å². The molecular weight excluding hydrogens is 279 g/mol. The van der Waals surface area contributed by atoms with E-state index in [1.807, 2.05) is 0 Å². The Balaban J connectivity index is 3.28. The van der Waals surface area contributed by atoms with Gasteiger partial charge in [0.1, 0.15) is 10.8 Å².